The fourth-order valence-electron chi connectivity index (χ4n) is 2.45. The molecular weight excluding hydrogens is 308 g/mol. The second-order valence-electron chi connectivity index (χ2n) is 5.63. The summed E-state index contributed by atoms with van der Waals surface area (Å²) >= 11 is 0. The van der Waals surface area contributed by atoms with Crippen LogP contribution in [0.5, 0.6) is 0 Å². The monoisotopic (exact) mass is 334 g/mol. The third-order valence-corrected chi connectivity index (χ3v) is 3.59. The van der Waals surface area contributed by atoms with E-state index in [0.29, 0.717) is 18.7 Å². The SMILES string of the molecule is CCCN(CCC)C(=O)CCC(=O)N[C@@H](C(=O)O)c1ccccc1. The highest BCUT2D eigenvalue weighted by Gasteiger charge is 2.22. The van der Waals surface area contributed by atoms with Crippen molar-refractivity contribution < 1.29 is 19.5 Å². The molecule has 2 N–H and O–H groups in total. The Morgan fingerprint density at radius 2 is 1.62 bits per heavy atom. The standard InChI is InChI=1S/C18H26N2O4/c1-3-12-20(13-4-2)16(22)11-10-15(21)19-17(18(23)24)14-8-6-5-7-9-14/h5-9,17H,3-4,10-13H2,1-2H3,(H,19,21)(H,23,24)/t17-/m1/s1. The number of hydrogen-bond acceptors (Lipinski definition) is 3. The molecule has 0 radical (unpaired) electrons. The summed E-state index contributed by atoms with van der Waals surface area (Å²) in [5, 5.41) is 11.8. The predicted octanol–water partition coefficient (Wildman–Crippen LogP) is 2.36. The highest BCUT2D eigenvalue weighted by Crippen LogP contribution is 2.13. The molecule has 1 rings (SSSR count). The van der Waals surface area contributed by atoms with Crippen LogP contribution in [0.15, 0.2) is 30.3 Å². The van der Waals surface area contributed by atoms with Crippen molar-refractivity contribution >= 4 is 17.8 Å². The summed E-state index contributed by atoms with van der Waals surface area (Å²) in [5.41, 5.74) is 0.503. The first-order chi connectivity index (χ1) is 11.5. The van der Waals surface area contributed by atoms with Crippen LogP contribution in [-0.4, -0.2) is 40.9 Å². The molecule has 0 aliphatic carbocycles. The van der Waals surface area contributed by atoms with Crippen LogP contribution in [0.3, 0.4) is 0 Å². The zero-order chi connectivity index (χ0) is 17.9. The summed E-state index contributed by atoms with van der Waals surface area (Å²) in [6, 6.07) is 7.40. The lowest BCUT2D eigenvalue weighted by Crippen LogP contribution is -2.36. The third-order valence-electron chi connectivity index (χ3n) is 3.59. The fourth-order valence-corrected chi connectivity index (χ4v) is 2.45. The maximum absolute atomic E-state index is 12.1. The molecule has 132 valence electrons. The van der Waals surface area contributed by atoms with Crippen molar-refractivity contribution in [2.75, 3.05) is 13.1 Å². The van der Waals surface area contributed by atoms with Crippen LogP contribution < -0.4 is 5.32 Å². The van der Waals surface area contributed by atoms with Crippen LogP contribution in [0.4, 0.5) is 0 Å². The van der Waals surface area contributed by atoms with Gasteiger partial charge in [-0.15, -0.1) is 0 Å². The molecule has 0 aliphatic heterocycles. The van der Waals surface area contributed by atoms with Crippen molar-refractivity contribution in [1.82, 2.24) is 10.2 Å². The molecule has 1 aromatic rings. The summed E-state index contributed by atoms with van der Waals surface area (Å²) in [6.07, 6.45) is 1.81. The van der Waals surface area contributed by atoms with Crippen molar-refractivity contribution in [3.8, 4) is 0 Å². The molecule has 1 aromatic carbocycles. The van der Waals surface area contributed by atoms with Crippen LogP contribution in [0.25, 0.3) is 0 Å². The maximum Gasteiger partial charge on any atom is 0.330 e. The zero-order valence-electron chi connectivity index (χ0n) is 14.3. The van der Waals surface area contributed by atoms with E-state index in [0.717, 1.165) is 12.8 Å². The van der Waals surface area contributed by atoms with Crippen LogP contribution in [0.2, 0.25) is 0 Å². The van der Waals surface area contributed by atoms with E-state index in [9.17, 15) is 19.5 Å². The average molecular weight is 334 g/mol. The van der Waals surface area contributed by atoms with E-state index in [2.05, 4.69) is 5.32 Å². The molecule has 1 atom stereocenters. The van der Waals surface area contributed by atoms with Crippen molar-refractivity contribution in [1.29, 1.82) is 0 Å². The van der Waals surface area contributed by atoms with Gasteiger partial charge >= 0.3 is 5.97 Å². The molecule has 6 nitrogen and oxygen atoms in total. The van der Waals surface area contributed by atoms with Crippen LogP contribution in [-0.2, 0) is 14.4 Å². The summed E-state index contributed by atoms with van der Waals surface area (Å²) in [4.78, 5) is 37.3. The Morgan fingerprint density at radius 3 is 2.12 bits per heavy atom. The van der Waals surface area contributed by atoms with Crippen molar-refractivity contribution in [2.45, 2.75) is 45.6 Å². The van der Waals surface area contributed by atoms with Crippen molar-refractivity contribution in [3.63, 3.8) is 0 Å². The van der Waals surface area contributed by atoms with Gasteiger partial charge in [-0.2, -0.15) is 0 Å². The number of nitrogens with zero attached hydrogens (tertiary/aromatic N) is 1. The topological polar surface area (TPSA) is 86.7 Å². The van der Waals surface area contributed by atoms with E-state index in [-0.39, 0.29) is 18.7 Å². The van der Waals surface area contributed by atoms with E-state index < -0.39 is 17.9 Å². The number of benzene rings is 1. The van der Waals surface area contributed by atoms with Gasteiger partial charge < -0.3 is 15.3 Å². The number of aliphatic carboxylic acids is 1. The summed E-state index contributed by atoms with van der Waals surface area (Å²) in [6.45, 7) is 5.35. The molecular formula is C18H26N2O4. The zero-order valence-corrected chi connectivity index (χ0v) is 14.3. The normalized spacial score (nSPS) is 11.6. The van der Waals surface area contributed by atoms with E-state index in [4.69, 9.17) is 0 Å². The number of carbonyl (C=O) groups excluding carboxylic acids is 2. The quantitative estimate of drug-likeness (QED) is 0.688. The highest BCUT2D eigenvalue weighted by molar-refractivity contribution is 5.87. The van der Waals surface area contributed by atoms with Crippen LogP contribution >= 0.6 is 0 Å². The largest absolute Gasteiger partial charge is 0.479 e. The minimum atomic E-state index is -1.13. The van der Waals surface area contributed by atoms with Gasteiger partial charge in [0, 0.05) is 25.9 Å². The van der Waals surface area contributed by atoms with Crippen LogP contribution in [0, 0.1) is 0 Å². The van der Waals surface area contributed by atoms with Crippen molar-refractivity contribution in [3.05, 3.63) is 35.9 Å². The third kappa shape index (κ3) is 6.40. The number of amides is 2. The predicted molar refractivity (Wildman–Crippen MR) is 91.4 cm³/mol. The van der Waals surface area contributed by atoms with Gasteiger partial charge in [0.1, 0.15) is 0 Å². The van der Waals surface area contributed by atoms with Gasteiger partial charge in [0.15, 0.2) is 6.04 Å². The molecule has 0 bridgehead atoms. The van der Waals surface area contributed by atoms with Crippen molar-refractivity contribution in [2.24, 2.45) is 0 Å². The Hall–Kier alpha value is -2.37. The van der Waals surface area contributed by atoms with E-state index >= 15 is 0 Å². The smallest absolute Gasteiger partial charge is 0.330 e. The van der Waals surface area contributed by atoms with Gasteiger partial charge in [-0.3, -0.25) is 9.59 Å². The Morgan fingerprint density at radius 1 is 1.04 bits per heavy atom. The lowest BCUT2D eigenvalue weighted by Gasteiger charge is -2.21. The first-order valence-corrected chi connectivity index (χ1v) is 8.34. The second-order valence-corrected chi connectivity index (χ2v) is 5.63. The molecule has 0 heterocycles. The number of rotatable bonds is 10. The first-order valence-electron chi connectivity index (χ1n) is 8.34. The number of carboxylic acid groups (broad SMARTS) is 1. The lowest BCUT2D eigenvalue weighted by molar-refractivity contribution is -0.142. The molecule has 0 saturated heterocycles. The van der Waals surface area contributed by atoms with Gasteiger partial charge in [-0.1, -0.05) is 44.2 Å². The molecule has 0 unspecified atom stereocenters. The summed E-state index contributed by atoms with van der Waals surface area (Å²) in [5.74, 6) is -1.63. The molecule has 0 aliphatic rings. The molecule has 2 amide bonds. The molecule has 6 heteroatoms. The molecule has 0 fully saturated rings. The maximum atomic E-state index is 12.1. The summed E-state index contributed by atoms with van der Waals surface area (Å²) < 4.78 is 0. The lowest BCUT2D eigenvalue weighted by atomic mass is 10.1. The fraction of sp³-hybridized carbons (Fsp3) is 0.500. The molecule has 0 saturated carbocycles. The highest BCUT2D eigenvalue weighted by atomic mass is 16.4. The number of nitrogens with one attached hydrogen (secondary N) is 1. The van der Waals surface area contributed by atoms with E-state index in [1.165, 1.54) is 0 Å². The van der Waals surface area contributed by atoms with Gasteiger partial charge in [0.25, 0.3) is 0 Å². The first kappa shape index (κ1) is 19.7. The van der Waals surface area contributed by atoms with E-state index in [1.54, 1.807) is 35.2 Å². The van der Waals surface area contributed by atoms with Crippen LogP contribution in [0.1, 0.15) is 51.1 Å². The number of carboxylic acids is 1. The van der Waals surface area contributed by atoms with Gasteiger partial charge in [0.05, 0.1) is 0 Å². The Bertz CT molecular complexity index is 539. The molecule has 0 spiro atoms. The van der Waals surface area contributed by atoms with Gasteiger partial charge in [-0.05, 0) is 18.4 Å². The molecule has 24 heavy (non-hydrogen) atoms. The second kappa shape index (κ2) is 10.4. The number of hydrogen-bond donors (Lipinski definition) is 2. The average Bonchev–Trinajstić information content (AvgIpc) is 2.57. The Kier molecular flexibility index (Phi) is 8.54. The van der Waals surface area contributed by atoms with E-state index in [1.807, 2.05) is 13.8 Å². The molecule has 0 aromatic heterocycles. The minimum Gasteiger partial charge on any atom is -0.479 e. The van der Waals surface area contributed by atoms with Gasteiger partial charge in [-0.25, -0.2) is 4.79 Å². The Balaban J connectivity index is 2.57. The minimum absolute atomic E-state index is 0.0145. The van der Waals surface area contributed by atoms with Gasteiger partial charge in [0.2, 0.25) is 11.8 Å². The number of carbonyl (C=O) groups is 3. The summed E-state index contributed by atoms with van der Waals surface area (Å²) in [7, 11) is 0. The Labute approximate surface area is 142 Å².